The van der Waals surface area contributed by atoms with Crippen LogP contribution in [-0.4, -0.2) is 25.2 Å². The maximum Gasteiger partial charge on any atom is 0.00681 e. The highest BCUT2D eigenvalue weighted by molar-refractivity contribution is 4.79. The molecule has 0 aliphatic carbocycles. The molecule has 2 saturated heterocycles. The van der Waals surface area contributed by atoms with Gasteiger partial charge in [-0.1, -0.05) is 0 Å². The van der Waals surface area contributed by atoms with Crippen molar-refractivity contribution in [2.24, 2.45) is 0 Å². The van der Waals surface area contributed by atoms with Crippen molar-refractivity contribution in [3.05, 3.63) is 0 Å². The Morgan fingerprint density at radius 2 is 1.33 bits per heavy atom. The van der Waals surface area contributed by atoms with Gasteiger partial charge in [0.1, 0.15) is 0 Å². The molecule has 0 radical (unpaired) electrons. The van der Waals surface area contributed by atoms with E-state index in [0.717, 1.165) is 12.1 Å². The van der Waals surface area contributed by atoms with Gasteiger partial charge in [-0.2, -0.15) is 0 Å². The maximum absolute atomic E-state index is 3.55. The minimum atomic E-state index is 0.840. The molecule has 2 atom stereocenters. The van der Waals surface area contributed by atoms with Crippen LogP contribution < -0.4 is 10.6 Å². The Kier molecular flexibility index (Phi) is 3.01. The van der Waals surface area contributed by atoms with E-state index in [2.05, 4.69) is 10.6 Å². The molecule has 2 heterocycles. The molecule has 2 aliphatic rings. The van der Waals surface area contributed by atoms with Crippen LogP contribution in [0.1, 0.15) is 38.5 Å². The summed E-state index contributed by atoms with van der Waals surface area (Å²) in [6.45, 7) is 2.51. The van der Waals surface area contributed by atoms with E-state index in [1.807, 2.05) is 0 Å². The zero-order chi connectivity index (χ0) is 8.23. The van der Waals surface area contributed by atoms with Gasteiger partial charge in [0.05, 0.1) is 0 Å². The highest BCUT2D eigenvalue weighted by Gasteiger charge is 2.18. The van der Waals surface area contributed by atoms with Crippen molar-refractivity contribution in [1.29, 1.82) is 0 Å². The number of rotatable bonds is 3. The highest BCUT2D eigenvalue weighted by atomic mass is 15.0. The molecule has 0 amide bonds. The van der Waals surface area contributed by atoms with Gasteiger partial charge in [0.25, 0.3) is 0 Å². The lowest BCUT2D eigenvalue weighted by Crippen LogP contribution is -2.26. The van der Waals surface area contributed by atoms with E-state index >= 15 is 0 Å². The molecule has 2 N–H and O–H groups in total. The number of hydrogen-bond acceptors (Lipinski definition) is 2. The largest absolute Gasteiger partial charge is 0.314 e. The van der Waals surface area contributed by atoms with Crippen LogP contribution in [0.25, 0.3) is 0 Å². The molecule has 0 spiro atoms. The van der Waals surface area contributed by atoms with Gasteiger partial charge in [-0.15, -0.1) is 0 Å². The molecule has 0 saturated carbocycles. The molecule has 2 aliphatic heterocycles. The Labute approximate surface area is 75.1 Å². The first-order valence-corrected chi connectivity index (χ1v) is 5.42. The molecule has 0 aromatic rings. The first-order chi connectivity index (χ1) is 5.95. The van der Waals surface area contributed by atoms with Crippen molar-refractivity contribution in [3.8, 4) is 0 Å². The fourth-order valence-corrected chi connectivity index (χ4v) is 2.41. The van der Waals surface area contributed by atoms with Gasteiger partial charge < -0.3 is 10.6 Å². The van der Waals surface area contributed by atoms with Crippen LogP contribution in [-0.2, 0) is 0 Å². The van der Waals surface area contributed by atoms with Gasteiger partial charge in [0.15, 0.2) is 0 Å². The van der Waals surface area contributed by atoms with Crippen LogP contribution in [0.2, 0.25) is 0 Å². The Balaban J connectivity index is 1.60. The molecule has 0 unspecified atom stereocenters. The molecular weight excluding hydrogens is 148 g/mol. The van der Waals surface area contributed by atoms with Crippen LogP contribution in [0.5, 0.6) is 0 Å². The van der Waals surface area contributed by atoms with E-state index in [9.17, 15) is 0 Å². The van der Waals surface area contributed by atoms with Crippen LogP contribution in [0.4, 0.5) is 0 Å². The smallest absolute Gasteiger partial charge is 0.00681 e. The molecular formula is C10H20N2. The molecule has 0 bridgehead atoms. The lowest BCUT2D eigenvalue weighted by atomic mass is 10.0. The second-order valence-electron chi connectivity index (χ2n) is 4.16. The molecule has 12 heavy (non-hydrogen) atoms. The lowest BCUT2D eigenvalue weighted by Gasteiger charge is -2.13. The van der Waals surface area contributed by atoms with Gasteiger partial charge in [-0.25, -0.2) is 0 Å². The highest BCUT2D eigenvalue weighted by Crippen LogP contribution is 2.16. The summed E-state index contributed by atoms with van der Waals surface area (Å²) in [5.74, 6) is 0. The SMILES string of the molecule is C1CN[C@H](CC[C@@H]2CCCN2)C1. The molecule has 0 aromatic carbocycles. The van der Waals surface area contributed by atoms with Crippen molar-refractivity contribution in [1.82, 2.24) is 10.6 Å². The second-order valence-corrected chi connectivity index (χ2v) is 4.16. The summed E-state index contributed by atoms with van der Waals surface area (Å²) in [5.41, 5.74) is 0. The van der Waals surface area contributed by atoms with Gasteiger partial charge >= 0.3 is 0 Å². The Bertz CT molecular complexity index is 108. The van der Waals surface area contributed by atoms with Crippen LogP contribution in [0.15, 0.2) is 0 Å². The monoisotopic (exact) mass is 168 g/mol. The summed E-state index contributed by atoms with van der Waals surface area (Å²) in [6, 6.07) is 1.68. The number of nitrogens with one attached hydrogen (secondary N) is 2. The lowest BCUT2D eigenvalue weighted by molar-refractivity contribution is 0.467. The zero-order valence-corrected chi connectivity index (χ0v) is 7.81. The predicted molar refractivity (Wildman–Crippen MR) is 51.3 cm³/mol. The van der Waals surface area contributed by atoms with Crippen molar-refractivity contribution in [2.45, 2.75) is 50.6 Å². The van der Waals surface area contributed by atoms with E-state index in [1.165, 1.54) is 51.6 Å². The van der Waals surface area contributed by atoms with E-state index in [1.54, 1.807) is 0 Å². The molecule has 2 fully saturated rings. The third-order valence-electron chi connectivity index (χ3n) is 3.19. The fourth-order valence-electron chi connectivity index (χ4n) is 2.41. The quantitative estimate of drug-likeness (QED) is 0.663. The van der Waals surface area contributed by atoms with Gasteiger partial charge in [-0.05, 0) is 51.6 Å². The van der Waals surface area contributed by atoms with Crippen LogP contribution in [0, 0.1) is 0 Å². The molecule has 2 nitrogen and oxygen atoms in total. The summed E-state index contributed by atoms with van der Waals surface area (Å²) in [7, 11) is 0. The normalized spacial score (nSPS) is 36.0. The van der Waals surface area contributed by atoms with Gasteiger partial charge in [-0.3, -0.25) is 0 Å². The first-order valence-electron chi connectivity index (χ1n) is 5.42. The van der Waals surface area contributed by atoms with Crippen molar-refractivity contribution in [3.63, 3.8) is 0 Å². The second kappa shape index (κ2) is 4.24. The van der Waals surface area contributed by atoms with Crippen molar-refractivity contribution >= 4 is 0 Å². The Morgan fingerprint density at radius 1 is 0.833 bits per heavy atom. The fraction of sp³-hybridized carbons (Fsp3) is 1.00. The molecule has 2 rings (SSSR count). The molecule has 70 valence electrons. The molecule has 2 heteroatoms. The van der Waals surface area contributed by atoms with Crippen LogP contribution in [0.3, 0.4) is 0 Å². The average molecular weight is 168 g/mol. The van der Waals surface area contributed by atoms with E-state index in [0.29, 0.717) is 0 Å². The Morgan fingerprint density at radius 3 is 1.67 bits per heavy atom. The average Bonchev–Trinajstić information content (AvgIpc) is 2.74. The van der Waals surface area contributed by atoms with E-state index in [-0.39, 0.29) is 0 Å². The van der Waals surface area contributed by atoms with Crippen LogP contribution >= 0.6 is 0 Å². The third kappa shape index (κ3) is 2.20. The van der Waals surface area contributed by atoms with Crippen molar-refractivity contribution in [2.75, 3.05) is 13.1 Å². The standard InChI is InChI=1S/C10H20N2/c1-3-9(11-7-1)5-6-10-4-2-8-12-10/h9-12H,1-8H2/t9-,10-/m0/s1. The summed E-state index contributed by atoms with van der Waals surface area (Å²) in [5, 5.41) is 7.11. The van der Waals surface area contributed by atoms with Gasteiger partial charge in [0.2, 0.25) is 0 Å². The topological polar surface area (TPSA) is 24.1 Å². The Hall–Kier alpha value is -0.0800. The van der Waals surface area contributed by atoms with E-state index < -0.39 is 0 Å². The van der Waals surface area contributed by atoms with Crippen molar-refractivity contribution < 1.29 is 0 Å². The van der Waals surface area contributed by atoms with Gasteiger partial charge in [0, 0.05) is 12.1 Å². The minimum Gasteiger partial charge on any atom is -0.314 e. The number of hydrogen-bond donors (Lipinski definition) is 2. The van der Waals surface area contributed by atoms with E-state index in [4.69, 9.17) is 0 Å². The summed E-state index contributed by atoms with van der Waals surface area (Å²) in [6.07, 6.45) is 8.38. The summed E-state index contributed by atoms with van der Waals surface area (Å²) >= 11 is 0. The first kappa shape index (κ1) is 8.52. The zero-order valence-electron chi connectivity index (χ0n) is 7.81. The summed E-state index contributed by atoms with van der Waals surface area (Å²) < 4.78 is 0. The maximum atomic E-state index is 3.55. The minimum absolute atomic E-state index is 0.840. The summed E-state index contributed by atoms with van der Waals surface area (Å²) in [4.78, 5) is 0. The predicted octanol–water partition coefficient (Wildman–Crippen LogP) is 1.27. The third-order valence-corrected chi connectivity index (χ3v) is 3.19. The molecule has 0 aromatic heterocycles.